The van der Waals surface area contributed by atoms with E-state index in [1.165, 1.54) is 6.07 Å². The molecule has 13 nitrogen and oxygen atoms in total. The fourth-order valence-electron chi connectivity index (χ4n) is 8.67. The summed E-state index contributed by atoms with van der Waals surface area (Å²) in [6.07, 6.45) is 10.9. The Morgan fingerprint density at radius 2 is 1.78 bits per heavy atom. The maximum Gasteiger partial charge on any atom is 0.230 e. The molecule has 6 heterocycles. The minimum atomic E-state index is -0.672. The molecule has 2 fully saturated rings. The molecular formula is C46H49FN8O5. The predicted octanol–water partition coefficient (Wildman–Crippen LogP) is 6.10. The Morgan fingerprint density at radius 3 is 2.58 bits per heavy atom. The number of aromatic nitrogens is 1. The smallest absolute Gasteiger partial charge is 0.230 e. The average molecular weight is 813 g/mol. The van der Waals surface area contributed by atoms with Crippen molar-refractivity contribution in [2.75, 3.05) is 38.0 Å². The van der Waals surface area contributed by atoms with Crippen molar-refractivity contribution in [2.45, 2.75) is 76.8 Å². The Kier molecular flexibility index (Phi) is 12.1. The zero-order chi connectivity index (χ0) is 41.8. The van der Waals surface area contributed by atoms with Crippen LogP contribution in [0.4, 0.5) is 10.1 Å². The van der Waals surface area contributed by atoms with Gasteiger partial charge < -0.3 is 15.1 Å². The van der Waals surface area contributed by atoms with Gasteiger partial charge in [-0.1, -0.05) is 24.3 Å². The van der Waals surface area contributed by atoms with Crippen molar-refractivity contribution in [3.8, 4) is 0 Å². The van der Waals surface area contributed by atoms with Crippen molar-refractivity contribution in [1.29, 1.82) is 0 Å². The minimum Gasteiger partial charge on any atom is -0.385 e. The van der Waals surface area contributed by atoms with Crippen LogP contribution in [0, 0.1) is 18.7 Å². The average Bonchev–Trinajstić information content (AvgIpc) is 3.92. The molecule has 14 heteroatoms. The van der Waals surface area contributed by atoms with Crippen molar-refractivity contribution < 1.29 is 28.4 Å². The lowest BCUT2D eigenvalue weighted by Gasteiger charge is -2.31. The summed E-state index contributed by atoms with van der Waals surface area (Å²) >= 11 is 0. The van der Waals surface area contributed by atoms with E-state index in [0.717, 1.165) is 72.1 Å². The molecule has 5 aliphatic heterocycles. The standard InChI is InChI=1S/C46H49FN8O5/c1-29-25-34(14-15-35(29)45(59)40(56)27-32-13-18-43(57)51-46(32)60)48-21-3-2-12-44(58)53-23-19-30(20-24-53)36-9-5-10-37(50-36)39-28-49-41-16-17-42(52-55(39)41)54-22-6-11-38(54)31-7-4-8-33(47)26-31/h4-5,7-10,14-17,19,25-26,32,38-39,48H,2-3,6,11-13,18,20-24,27-28H2,1H3,(H,51,57,60). The number of imide groups is 1. The molecule has 2 saturated heterocycles. The number of nitrogens with zero attached hydrogens (tertiary/aromatic N) is 6. The highest BCUT2D eigenvalue weighted by Crippen LogP contribution is 2.36. The van der Waals surface area contributed by atoms with Crippen LogP contribution in [0.25, 0.3) is 5.57 Å². The quantitative estimate of drug-likeness (QED) is 0.0902. The molecule has 3 atom stereocenters. The highest BCUT2D eigenvalue weighted by Gasteiger charge is 2.36. The van der Waals surface area contributed by atoms with E-state index in [0.29, 0.717) is 50.1 Å². The minimum absolute atomic E-state index is 0.0646. The van der Waals surface area contributed by atoms with Crippen LogP contribution in [-0.4, -0.2) is 93.5 Å². The number of hydrogen-bond donors (Lipinski definition) is 2. The Morgan fingerprint density at radius 1 is 0.933 bits per heavy atom. The normalized spacial score (nSPS) is 21.3. The number of hydrazone groups is 1. The number of amidine groups is 2. The number of halogens is 1. The van der Waals surface area contributed by atoms with E-state index >= 15 is 0 Å². The molecule has 1 aromatic heterocycles. The first-order valence-electron chi connectivity index (χ1n) is 20.9. The van der Waals surface area contributed by atoms with Crippen molar-refractivity contribution >= 4 is 52.2 Å². The van der Waals surface area contributed by atoms with Gasteiger partial charge in [0.1, 0.15) is 23.5 Å². The highest BCUT2D eigenvalue weighted by atomic mass is 19.1. The molecule has 0 aliphatic carbocycles. The van der Waals surface area contributed by atoms with Gasteiger partial charge in [0.05, 0.1) is 24.0 Å². The number of aliphatic imine (C=N–C) groups is 1. The van der Waals surface area contributed by atoms with Gasteiger partial charge in [-0.3, -0.25) is 39.3 Å². The number of unbranched alkanes of at least 4 members (excludes halogenated alkanes) is 1. The van der Waals surface area contributed by atoms with E-state index in [4.69, 9.17) is 15.1 Å². The van der Waals surface area contributed by atoms with Crippen LogP contribution in [0.3, 0.4) is 0 Å². The van der Waals surface area contributed by atoms with Crippen LogP contribution in [-0.2, 0) is 19.2 Å². The first kappa shape index (κ1) is 40.5. The number of nitrogens with one attached hydrogen (secondary N) is 2. The second kappa shape index (κ2) is 17.9. The summed E-state index contributed by atoms with van der Waals surface area (Å²) in [6.45, 7) is 4.95. The van der Waals surface area contributed by atoms with Gasteiger partial charge in [0.25, 0.3) is 0 Å². The molecule has 0 saturated carbocycles. The summed E-state index contributed by atoms with van der Waals surface area (Å²) in [6, 6.07) is 18.0. The number of likely N-dealkylation sites (tertiary alicyclic amines) is 1. The number of pyridine rings is 1. The fraction of sp³-hybridized carbons (Fsp3) is 0.391. The van der Waals surface area contributed by atoms with Gasteiger partial charge in [-0.25, -0.2) is 9.40 Å². The first-order chi connectivity index (χ1) is 29.1. The molecule has 5 aliphatic rings. The number of benzene rings is 2. The third-order valence-corrected chi connectivity index (χ3v) is 12.0. The lowest BCUT2D eigenvalue weighted by molar-refractivity contribution is -0.138. The Labute approximate surface area is 348 Å². The molecule has 3 amide bonds. The summed E-state index contributed by atoms with van der Waals surface area (Å²) < 4.78 is 14.1. The van der Waals surface area contributed by atoms with Gasteiger partial charge in [-0.05, 0) is 117 Å². The van der Waals surface area contributed by atoms with Crippen LogP contribution < -0.4 is 10.6 Å². The van der Waals surface area contributed by atoms with Crippen molar-refractivity contribution in [1.82, 2.24) is 25.1 Å². The lowest BCUT2D eigenvalue weighted by atomic mass is 9.90. The van der Waals surface area contributed by atoms with Crippen LogP contribution >= 0.6 is 0 Å². The summed E-state index contributed by atoms with van der Waals surface area (Å²) in [4.78, 5) is 76.1. The Balaban J connectivity index is 0.794. The largest absolute Gasteiger partial charge is 0.385 e. The van der Waals surface area contributed by atoms with Crippen molar-refractivity contribution in [3.63, 3.8) is 0 Å². The summed E-state index contributed by atoms with van der Waals surface area (Å²) in [5.41, 5.74) is 5.61. The number of fused-ring (bicyclic) bond motifs is 1. The third kappa shape index (κ3) is 8.97. The summed E-state index contributed by atoms with van der Waals surface area (Å²) in [5, 5.41) is 12.6. The molecule has 8 rings (SSSR count). The number of anilines is 1. The number of carbonyl (C=O) groups excluding carboxylic acids is 5. The molecule has 2 aromatic carbocycles. The molecule has 0 spiro atoms. The summed E-state index contributed by atoms with van der Waals surface area (Å²) in [5.74, 6) is -1.28. The molecular weight excluding hydrogens is 764 g/mol. The van der Waals surface area contributed by atoms with Gasteiger partial charge in [-0.15, -0.1) is 0 Å². The van der Waals surface area contributed by atoms with Gasteiger partial charge in [-0.2, -0.15) is 5.10 Å². The maximum atomic E-state index is 14.1. The van der Waals surface area contributed by atoms with E-state index in [2.05, 4.69) is 21.6 Å². The zero-order valence-electron chi connectivity index (χ0n) is 33.7. The van der Waals surface area contributed by atoms with Gasteiger partial charge in [0.2, 0.25) is 29.3 Å². The molecule has 0 bridgehead atoms. The third-order valence-electron chi connectivity index (χ3n) is 12.0. The Hall–Kier alpha value is -6.31. The van der Waals surface area contributed by atoms with Crippen LogP contribution in [0.1, 0.15) is 103 Å². The zero-order valence-corrected chi connectivity index (χ0v) is 33.7. The molecule has 60 heavy (non-hydrogen) atoms. The number of rotatable bonds is 13. The molecule has 3 aromatic rings. The fourth-order valence-corrected chi connectivity index (χ4v) is 8.67. The molecule has 2 N–H and O–H groups in total. The van der Waals surface area contributed by atoms with Crippen LogP contribution in [0.15, 0.2) is 89.0 Å². The van der Waals surface area contributed by atoms with E-state index in [-0.39, 0.29) is 49.0 Å². The van der Waals surface area contributed by atoms with Crippen molar-refractivity contribution in [2.24, 2.45) is 16.0 Å². The van der Waals surface area contributed by atoms with Gasteiger partial charge in [0, 0.05) is 62.6 Å². The van der Waals surface area contributed by atoms with Crippen LogP contribution in [0.5, 0.6) is 0 Å². The topological polar surface area (TPSA) is 157 Å². The summed E-state index contributed by atoms with van der Waals surface area (Å²) in [7, 11) is 0. The second-order valence-corrected chi connectivity index (χ2v) is 16.0. The van der Waals surface area contributed by atoms with Crippen molar-refractivity contribution in [3.05, 3.63) is 113 Å². The van der Waals surface area contributed by atoms with E-state index in [1.807, 2.05) is 52.4 Å². The number of amides is 3. The number of carbonyl (C=O) groups is 5. The number of aryl methyl sites for hydroxylation is 1. The molecule has 3 unspecified atom stereocenters. The Bertz CT molecular complexity index is 2340. The van der Waals surface area contributed by atoms with E-state index in [1.54, 1.807) is 31.2 Å². The number of ketones is 2. The van der Waals surface area contributed by atoms with Gasteiger partial charge >= 0.3 is 0 Å². The number of hydrogen-bond acceptors (Lipinski definition) is 11. The van der Waals surface area contributed by atoms with E-state index < -0.39 is 23.4 Å². The predicted molar refractivity (Wildman–Crippen MR) is 225 cm³/mol. The highest BCUT2D eigenvalue weighted by molar-refractivity contribution is 6.44. The molecule has 310 valence electrons. The van der Waals surface area contributed by atoms with E-state index in [9.17, 15) is 28.4 Å². The van der Waals surface area contributed by atoms with Crippen LogP contribution in [0.2, 0.25) is 0 Å². The lowest BCUT2D eigenvalue weighted by Crippen LogP contribution is -2.42. The number of Topliss-reactive ketones (excluding diaryl/α,β-unsaturated/α-hetero) is 2. The maximum absolute atomic E-state index is 14.1. The second-order valence-electron chi connectivity index (χ2n) is 16.0. The SMILES string of the molecule is Cc1cc(NCCCCC(=O)N2CC=C(c3cccc(C4CN=C5C=CC(N6CCCC6c6cccc(F)c6)=NN54)n3)CC2)ccc1C(=O)C(=O)CC1CCC(=O)NC1=O. The monoisotopic (exact) mass is 812 g/mol. The van der Waals surface area contributed by atoms with Gasteiger partial charge in [0.15, 0.2) is 0 Å². The number of piperidine rings is 1. The molecule has 0 radical (unpaired) electrons. The first-order valence-corrected chi connectivity index (χ1v) is 20.9.